The van der Waals surface area contributed by atoms with Gasteiger partial charge < -0.3 is 25.6 Å². The maximum Gasteiger partial charge on any atom is 0.251 e. The highest BCUT2D eigenvalue weighted by Crippen LogP contribution is 2.07. The van der Waals surface area contributed by atoms with Gasteiger partial charge in [-0.05, 0) is 58.5 Å². The Balaban J connectivity index is 2.53. The van der Waals surface area contributed by atoms with Crippen LogP contribution in [0.5, 0.6) is 0 Å². The maximum atomic E-state index is 12.3. The number of hydrogen-bond acceptors (Lipinski definition) is 4. The molecule has 0 spiro atoms. The van der Waals surface area contributed by atoms with Crippen LogP contribution in [-0.2, 0) is 11.3 Å². The van der Waals surface area contributed by atoms with Gasteiger partial charge in [-0.3, -0.25) is 4.79 Å². The fourth-order valence-corrected chi connectivity index (χ4v) is 2.50. The van der Waals surface area contributed by atoms with Crippen LogP contribution in [0.2, 0.25) is 0 Å². The lowest BCUT2D eigenvalue weighted by Crippen LogP contribution is -2.37. The van der Waals surface area contributed by atoms with Crippen LogP contribution < -0.4 is 16.0 Å². The zero-order valence-corrected chi connectivity index (χ0v) is 17.9. The zero-order valence-electron chi connectivity index (χ0n) is 17.9. The number of unbranched alkanes of at least 4 members (excludes halogenated alkanes) is 1. The van der Waals surface area contributed by atoms with Crippen LogP contribution >= 0.6 is 0 Å². The number of guanidine groups is 1. The Morgan fingerprint density at radius 1 is 1.11 bits per heavy atom. The number of ether oxygens (including phenoxy) is 1. The predicted octanol–water partition coefficient (Wildman–Crippen LogP) is 1.85. The smallest absolute Gasteiger partial charge is 0.251 e. The van der Waals surface area contributed by atoms with Gasteiger partial charge in [-0.2, -0.15) is 0 Å². The highest BCUT2D eigenvalue weighted by Gasteiger charge is 2.06. The van der Waals surface area contributed by atoms with Crippen molar-refractivity contribution in [3.63, 3.8) is 0 Å². The van der Waals surface area contributed by atoms with Gasteiger partial charge in [0, 0.05) is 45.0 Å². The van der Waals surface area contributed by atoms with Crippen molar-refractivity contribution < 1.29 is 9.53 Å². The van der Waals surface area contributed by atoms with Crippen molar-refractivity contribution in [2.75, 3.05) is 53.5 Å². The Morgan fingerprint density at radius 3 is 2.64 bits per heavy atom. The Labute approximate surface area is 169 Å². The third-order valence-electron chi connectivity index (χ3n) is 4.01. The molecule has 0 saturated carbocycles. The average molecular weight is 392 g/mol. The SMILES string of the molecule is CCNC(=NCc1cccc(C(=O)NCCN(C)C)c1)NCCCCOCC. The molecule has 1 aromatic rings. The molecule has 0 saturated heterocycles. The van der Waals surface area contributed by atoms with E-state index in [2.05, 4.69) is 20.9 Å². The van der Waals surface area contributed by atoms with Gasteiger partial charge in [0.2, 0.25) is 0 Å². The molecule has 0 heterocycles. The Hall–Kier alpha value is -2.12. The molecule has 1 aromatic carbocycles. The van der Waals surface area contributed by atoms with Gasteiger partial charge >= 0.3 is 0 Å². The lowest BCUT2D eigenvalue weighted by Gasteiger charge is -2.12. The second-order valence-corrected chi connectivity index (χ2v) is 6.79. The maximum absolute atomic E-state index is 12.3. The molecule has 0 aliphatic rings. The summed E-state index contributed by atoms with van der Waals surface area (Å²) in [6, 6.07) is 7.63. The largest absolute Gasteiger partial charge is 0.382 e. The fourth-order valence-electron chi connectivity index (χ4n) is 2.50. The van der Waals surface area contributed by atoms with Gasteiger partial charge in [-0.1, -0.05) is 12.1 Å². The van der Waals surface area contributed by atoms with Crippen molar-refractivity contribution >= 4 is 11.9 Å². The summed E-state index contributed by atoms with van der Waals surface area (Å²) < 4.78 is 5.35. The van der Waals surface area contributed by atoms with Crippen molar-refractivity contribution in [3.8, 4) is 0 Å². The van der Waals surface area contributed by atoms with E-state index in [9.17, 15) is 4.79 Å². The number of hydrogen-bond donors (Lipinski definition) is 3. The molecule has 1 amide bonds. The van der Waals surface area contributed by atoms with Crippen molar-refractivity contribution in [1.82, 2.24) is 20.9 Å². The molecule has 0 atom stereocenters. The Bertz CT molecular complexity index is 590. The lowest BCUT2D eigenvalue weighted by atomic mass is 10.1. The van der Waals surface area contributed by atoms with Crippen molar-refractivity contribution in [1.29, 1.82) is 0 Å². The van der Waals surface area contributed by atoms with Crippen LogP contribution in [0.4, 0.5) is 0 Å². The van der Waals surface area contributed by atoms with Gasteiger partial charge in [0.05, 0.1) is 6.54 Å². The molecular weight excluding hydrogens is 354 g/mol. The molecule has 0 aliphatic carbocycles. The number of nitrogens with zero attached hydrogens (tertiary/aromatic N) is 2. The van der Waals surface area contributed by atoms with E-state index in [0.29, 0.717) is 18.7 Å². The Morgan fingerprint density at radius 2 is 1.93 bits per heavy atom. The van der Waals surface area contributed by atoms with Gasteiger partial charge in [-0.15, -0.1) is 0 Å². The van der Waals surface area contributed by atoms with Crippen LogP contribution in [0.25, 0.3) is 0 Å². The second-order valence-electron chi connectivity index (χ2n) is 6.79. The van der Waals surface area contributed by atoms with Crippen molar-refractivity contribution in [3.05, 3.63) is 35.4 Å². The summed E-state index contributed by atoms with van der Waals surface area (Å²) in [5.41, 5.74) is 1.68. The highest BCUT2D eigenvalue weighted by atomic mass is 16.5. The Kier molecular flexibility index (Phi) is 12.7. The topological polar surface area (TPSA) is 78.0 Å². The van der Waals surface area contributed by atoms with Crippen LogP contribution in [0.15, 0.2) is 29.3 Å². The summed E-state index contributed by atoms with van der Waals surface area (Å²) in [7, 11) is 3.97. The number of carbonyl (C=O) groups excluding carboxylic acids is 1. The first-order valence-corrected chi connectivity index (χ1v) is 10.2. The van der Waals surface area contributed by atoms with E-state index in [0.717, 1.165) is 57.2 Å². The summed E-state index contributed by atoms with van der Waals surface area (Å²) in [6.45, 7) is 9.25. The molecule has 1 rings (SSSR count). The fraction of sp³-hybridized carbons (Fsp3) is 0.619. The lowest BCUT2D eigenvalue weighted by molar-refractivity contribution is 0.0951. The van der Waals surface area contributed by atoms with Gasteiger partial charge in [0.1, 0.15) is 0 Å². The predicted molar refractivity (Wildman–Crippen MR) is 116 cm³/mol. The van der Waals surface area contributed by atoms with Crippen molar-refractivity contribution in [2.24, 2.45) is 4.99 Å². The van der Waals surface area contributed by atoms with Gasteiger partial charge in [0.25, 0.3) is 5.91 Å². The van der Waals surface area contributed by atoms with E-state index >= 15 is 0 Å². The first-order valence-electron chi connectivity index (χ1n) is 10.2. The minimum absolute atomic E-state index is 0.0491. The highest BCUT2D eigenvalue weighted by molar-refractivity contribution is 5.94. The zero-order chi connectivity index (χ0) is 20.6. The van der Waals surface area contributed by atoms with E-state index in [-0.39, 0.29) is 5.91 Å². The number of likely N-dealkylation sites (N-methyl/N-ethyl adjacent to an activating group) is 1. The summed E-state index contributed by atoms with van der Waals surface area (Å²) >= 11 is 0. The number of aliphatic imine (C=N–C) groups is 1. The van der Waals surface area contributed by atoms with Gasteiger partial charge in [0.15, 0.2) is 5.96 Å². The molecule has 0 unspecified atom stereocenters. The normalized spacial score (nSPS) is 11.5. The molecule has 3 N–H and O–H groups in total. The van der Waals surface area contributed by atoms with E-state index < -0.39 is 0 Å². The molecule has 7 nitrogen and oxygen atoms in total. The first-order chi connectivity index (χ1) is 13.6. The quantitative estimate of drug-likeness (QED) is 0.272. The first kappa shape index (κ1) is 23.9. The van der Waals surface area contributed by atoms with Crippen LogP contribution in [0.1, 0.15) is 42.6 Å². The molecule has 7 heteroatoms. The molecule has 0 radical (unpaired) electrons. The minimum atomic E-state index is -0.0491. The second kappa shape index (κ2) is 14.9. The summed E-state index contributed by atoms with van der Waals surface area (Å²) in [4.78, 5) is 18.9. The monoisotopic (exact) mass is 391 g/mol. The van der Waals surface area contributed by atoms with Crippen LogP contribution in [0.3, 0.4) is 0 Å². The molecule has 0 bridgehead atoms. The third kappa shape index (κ3) is 10.9. The van der Waals surface area contributed by atoms with E-state index in [1.54, 1.807) is 0 Å². The minimum Gasteiger partial charge on any atom is -0.382 e. The number of benzene rings is 1. The third-order valence-corrected chi connectivity index (χ3v) is 4.01. The van der Waals surface area contributed by atoms with Gasteiger partial charge in [-0.25, -0.2) is 4.99 Å². The summed E-state index contributed by atoms with van der Waals surface area (Å²) in [5.74, 6) is 0.742. The molecular formula is C21H37N5O2. The van der Waals surface area contributed by atoms with E-state index in [1.807, 2.05) is 57.1 Å². The average Bonchev–Trinajstić information content (AvgIpc) is 2.68. The molecule has 0 aliphatic heterocycles. The van der Waals surface area contributed by atoms with E-state index in [4.69, 9.17) is 4.74 Å². The molecule has 0 fully saturated rings. The van der Waals surface area contributed by atoms with Crippen LogP contribution in [-0.4, -0.2) is 70.3 Å². The molecule has 158 valence electrons. The summed E-state index contributed by atoms with van der Waals surface area (Å²) in [5, 5.41) is 9.54. The number of carbonyl (C=O) groups is 1. The number of rotatable bonds is 13. The number of nitrogens with one attached hydrogen (secondary N) is 3. The van der Waals surface area contributed by atoms with E-state index in [1.165, 1.54) is 0 Å². The number of amides is 1. The van der Waals surface area contributed by atoms with Crippen LogP contribution in [0, 0.1) is 0 Å². The van der Waals surface area contributed by atoms with Crippen molar-refractivity contribution in [2.45, 2.75) is 33.2 Å². The summed E-state index contributed by atoms with van der Waals surface area (Å²) in [6.07, 6.45) is 2.07. The molecule has 0 aromatic heterocycles. The molecule has 28 heavy (non-hydrogen) atoms. The standard InChI is InChI=1S/C21H37N5O2/c1-5-22-21(24-12-7-8-15-28-6-2)25-17-18-10-9-11-19(16-18)20(27)23-13-14-26(3)4/h9-11,16H,5-8,12-15,17H2,1-4H3,(H,23,27)(H2,22,24,25).